The molecule has 0 saturated carbocycles. The molecule has 8 aliphatic rings. The van der Waals surface area contributed by atoms with Crippen molar-refractivity contribution in [2.45, 2.75) is 96.1 Å². The Morgan fingerprint density at radius 1 is 0.305 bits per heavy atom. The predicted molar refractivity (Wildman–Crippen MR) is 391 cm³/mol. The van der Waals surface area contributed by atoms with Crippen LogP contribution in [0.1, 0.15) is 112 Å². The van der Waals surface area contributed by atoms with Gasteiger partial charge in [0.1, 0.15) is 5.57 Å². The first kappa shape index (κ1) is 56.0. The molecule has 3 heteroatoms. The maximum absolute atomic E-state index is 2.84. The summed E-state index contributed by atoms with van der Waals surface area (Å²) in [5.74, 6) is 0. The van der Waals surface area contributed by atoms with Gasteiger partial charge in [0.2, 0.25) is 33.9 Å². The van der Waals surface area contributed by atoms with Gasteiger partial charge in [-0.2, -0.15) is 13.7 Å². The summed E-state index contributed by atoms with van der Waals surface area (Å²) < 4.78 is 8.13. The fourth-order valence-corrected chi connectivity index (χ4v) is 17.5. The van der Waals surface area contributed by atoms with Crippen LogP contribution < -0.4 is 13.7 Å². The van der Waals surface area contributed by atoms with E-state index in [0.717, 1.165) is 0 Å². The number of hydrogen-bond donors (Lipinski definition) is 0. The third-order valence-electron chi connectivity index (χ3n) is 22.2. The largest absolute Gasteiger partial charge is 0.246 e. The molecular formula is C92H74N3+3. The van der Waals surface area contributed by atoms with Gasteiger partial charge in [-0.15, -0.1) is 0 Å². The Morgan fingerprint density at radius 3 is 1.26 bits per heavy atom. The van der Waals surface area contributed by atoms with Gasteiger partial charge in [-0.3, -0.25) is 0 Å². The quantitative estimate of drug-likeness (QED) is 0.156. The summed E-state index contributed by atoms with van der Waals surface area (Å²) in [5, 5.41) is 0. The van der Waals surface area contributed by atoms with Crippen molar-refractivity contribution in [3.8, 4) is 101 Å². The maximum atomic E-state index is 2.84. The van der Waals surface area contributed by atoms with Gasteiger partial charge in [-0.25, -0.2) is 0 Å². The molecule has 3 nitrogen and oxygen atoms in total. The molecule has 454 valence electrons. The average molecular weight is 1220 g/mol. The van der Waals surface area contributed by atoms with Gasteiger partial charge < -0.3 is 0 Å². The summed E-state index contributed by atoms with van der Waals surface area (Å²) in [6, 6.07) is 92.6. The summed E-state index contributed by atoms with van der Waals surface area (Å²) in [6.45, 7) is 21.3. The van der Waals surface area contributed by atoms with E-state index in [0.29, 0.717) is 6.42 Å². The molecule has 20 rings (SSSR count). The summed E-state index contributed by atoms with van der Waals surface area (Å²) in [7, 11) is 0. The van der Waals surface area contributed by atoms with Crippen molar-refractivity contribution in [2.24, 2.45) is 0 Å². The topological polar surface area (TPSA) is 11.6 Å². The highest BCUT2D eigenvalue weighted by atomic mass is 15.1. The molecule has 2 spiro atoms. The van der Waals surface area contributed by atoms with Crippen LogP contribution in [0.15, 0.2) is 273 Å². The van der Waals surface area contributed by atoms with Gasteiger partial charge in [-0.1, -0.05) is 226 Å². The Labute approximate surface area is 558 Å². The molecular weight excluding hydrogens is 1150 g/mol. The van der Waals surface area contributed by atoms with Crippen LogP contribution in [-0.2, 0) is 33.7 Å². The van der Waals surface area contributed by atoms with Gasteiger partial charge in [0.05, 0.1) is 22.3 Å². The van der Waals surface area contributed by atoms with Crippen molar-refractivity contribution >= 4 is 28.0 Å². The molecule has 12 aromatic rings. The molecule has 0 radical (unpaired) electrons. The average Bonchev–Trinajstić information content (AvgIpc) is 1.64. The lowest BCUT2D eigenvalue weighted by Crippen LogP contribution is -2.64. The number of allylic oxidation sites excluding steroid dienone is 7. The molecule has 0 fully saturated rings. The summed E-state index contributed by atoms with van der Waals surface area (Å²) in [5.41, 5.74) is 36.7. The number of hydrogen-bond acceptors (Lipinski definition) is 0. The van der Waals surface area contributed by atoms with Crippen molar-refractivity contribution in [1.29, 1.82) is 0 Å². The van der Waals surface area contributed by atoms with E-state index in [2.05, 4.69) is 349 Å². The summed E-state index contributed by atoms with van der Waals surface area (Å²) >= 11 is 0. The Morgan fingerprint density at radius 2 is 0.716 bits per heavy atom. The van der Waals surface area contributed by atoms with E-state index in [1.54, 1.807) is 0 Å². The molecule has 2 atom stereocenters. The lowest BCUT2D eigenvalue weighted by Gasteiger charge is -2.41. The lowest BCUT2D eigenvalue weighted by atomic mass is 9.64. The normalized spacial score (nSPS) is 18.8. The highest BCUT2D eigenvalue weighted by Crippen LogP contribution is 2.63. The molecule has 2 unspecified atom stereocenters. The first-order chi connectivity index (χ1) is 45.9. The fraction of sp³-hybridized carbons (Fsp3) is 0.163. The number of fused-ring (bicyclic) bond motifs is 12. The second kappa shape index (κ2) is 19.5. The highest BCUT2D eigenvalue weighted by Gasteiger charge is 2.62. The summed E-state index contributed by atoms with van der Waals surface area (Å²) in [6.07, 6.45) is 16.4. The molecule has 0 saturated heterocycles. The minimum atomic E-state index is -1.10. The zero-order chi connectivity index (χ0) is 64.2. The molecule has 5 aliphatic carbocycles. The SMILES string of the molecule is CC(C)(C)c1cc[n+]2c(c1)-c1cc(-c3ccccc3)c3cc1C2=C1c2cc4c(-c5ccccc5)cc2-c2cc(C(C)(C)C)cc[n+]2C12/C=C(\C=C(c1ccccc1-3)C13/C=C\2c2ccccc2-c2cc(c(cc2-c2ccccc2)-c2cc(C(C)(C)C)cc[n+]21)C3)c1ccccc1-4. The molecule has 12 bridgehead atoms. The second-order valence-corrected chi connectivity index (χ2v) is 30.7. The molecule has 3 aromatic heterocycles. The monoisotopic (exact) mass is 1220 g/mol. The second-order valence-electron chi connectivity index (χ2n) is 30.7. The van der Waals surface area contributed by atoms with Gasteiger partial charge >= 0.3 is 0 Å². The van der Waals surface area contributed by atoms with Crippen LogP contribution in [0.25, 0.3) is 129 Å². The minimum Gasteiger partial charge on any atom is -0.184 e. The van der Waals surface area contributed by atoms with Crippen molar-refractivity contribution in [1.82, 2.24) is 0 Å². The molecule has 9 aromatic carbocycles. The first-order valence-electron chi connectivity index (χ1n) is 34.1. The first-order valence-corrected chi connectivity index (χ1v) is 34.1. The number of nitrogens with zero attached hydrogens (tertiary/aromatic N) is 3. The van der Waals surface area contributed by atoms with Crippen LogP contribution in [-0.4, -0.2) is 0 Å². The molecule has 6 heterocycles. The number of rotatable bonds is 3. The maximum Gasteiger partial charge on any atom is 0.246 e. The Kier molecular flexibility index (Phi) is 11.5. The zero-order valence-corrected chi connectivity index (χ0v) is 55.5. The van der Waals surface area contributed by atoms with E-state index in [-0.39, 0.29) is 16.2 Å². The Bertz CT molecular complexity index is 5530. The molecule has 3 aliphatic heterocycles. The van der Waals surface area contributed by atoms with Crippen LogP contribution in [0.3, 0.4) is 0 Å². The van der Waals surface area contributed by atoms with Crippen molar-refractivity contribution in [3.63, 3.8) is 0 Å². The smallest absolute Gasteiger partial charge is 0.184 e. The van der Waals surface area contributed by atoms with Gasteiger partial charge in [0.15, 0.2) is 18.6 Å². The number of pyridine rings is 3. The minimum absolute atomic E-state index is 0.130. The van der Waals surface area contributed by atoms with E-state index in [1.807, 2.05) is 0 Å². The lowest BCUT2D eigenvalue weighted by molar-refractivity contribution is -0.730. The predicted octanol–water partition coefficient (Wildman–Crippen LogP) is 21.0. The van der Waals surface area contributed by atoms with E-state index in [9.17, 15) is 0 Å². The van der Waals surface area contributed by atoms with Crippen LogP contribution in [0.2, 0.25) is 0 Å². The highest BCUT2D eigenvalue weighted by molar-refractivity contribution is 6.14. The van der Waals surface area contributed by atoms with Crippen molar-refractivity contribution in [3.05, 3.63) is 323 Å². The summed E-state index contributed by atoms with van der Waals surface area (Å²) in [4.78, 5) is 0. The third kappa shape index (κ3) is 7.90. The molecule has 0 amide bonds. The van der Waals surface area contributed by atoms with Crippen LogP contribution >= 0.6 is 0 Å². The standard InChI is InChI=1S/C92H74N3/c1-88(2,3)61-37-40-93-83(45-61)78-50-72(58-29-17-12-18-30-58)76-52-80(78)87(93)86-79-51-75-65-32-20-19-31-64(65)60-44-81(68-35-23-21-33-66(68)76)91-53-59-43-74(70(56-25-13-10-14-26-56)48-73(59)84-46-62(89(4,5)6)38-41-94(84)91)67-34-22-24-36-69(67)82(55-91)92(86,54-60)95-42-39-63(90(7,8)9)47-85(95)77(79)49-71(75)57-27-15-11-16-28-57/h10-52,54-55H,53H2,1-9H3/q+3/b60-54+,81-44?,82-55-,87-86?. The van der Waals surface area contributed by atoms with Crippen molar-refractivity contribution in [2.75, 3.05) is 0 Å². The Hall–Kier alpha value is -10.6. The van der Waals surface area contributed by atoms with Crippen molar-refractivity contribution < 1.29 is 13.7 Å². The number of aromatic nitrogens is 3. The Balaban J connectivity index is 1.13. The van der Waals surface area contributed by atoms with Gasteiger partial charge in [-0.05, 0) is 170 Å². The number of benzene rings is 9. The molecule has 0 N–H and O–H groups in total. The van der Waals surface area contributed by atoms with E-state index in [1.165, 1.54) is 179 Å². The van der Waals surface area contributed by atoms with Gasteiger partial charge in [0.25, 0.3) is 0 Å². The molecule has 95 heavy (non-hydrogen) atoms. The third-order valence-corrected chi connectivity index (χ3v) is 22.2. The zero-order valence-electron chi connectivity index (χ0n) is 55.5. The van der Waals surface area contributed by atoms with E-state index < -0.39 is 11.1 Å². The van der Waals surface area contributed by atoms with Crippen LogP contribution in [0.4, 0.5) is 0 Å². The van der Waals surface area contributed by atoms with E-state index >= 15 is 0 Å². The van der Waals surface area contributed by atoms with Crippen LogP contribution in [0.5, 0.6) is 0 Å². The van der Waals surface area contributed by atoms with Crippen LogP contribution in [0, 0.1) is 0 Å². The van der Waals surface area contributed by atoms with E-state index in [4.69, 9.17) is 0 Å². The fourth-order valence-electron chi connectivity index (χ4n) is 17.5. The van der Waals surface area contributed by atoms with Gasteiger partial charge in [0, 0.05) is 71.7 Å².